The first-order chi connectivity index (χ1) is 9.10. The maximum atomic E-state index is 12.3. The zero-order chi connectivity index (χ0) is 14.3. The monoisotopic (exact) mass is 281 g/mol. The molecule has 5 nitrogen and oxygen atoms in total. The highest BCUT2D eigenvalue weighted by Gasteiger charge is 2.18. The Kier molecular flexibility index (Phi) is 6.26. The molecule has 0 saturated heterocycles. The lowest BCUT2D eigenvalue weighted by atomic mass is 10.2. The fourth-order valence-electron chi connectivity index (χ4n) is 1.56. The molecule has 0 N–H and O–H groups in total. The number of amides is 1. The van der Waals surface area contributed by atoms with Crippen molar-refractivity contribution >= 4 is 17.5 Å². The molecule has 19 heavy (non-hydrogen) atoms. The number of halogens is 1. The minimum absolute atomic E-state index is 0.232. The van der Waals surface area contributed by atoms with Crippen molar-refractivity contribution in [3.63, 3.8) is 0 Å². The lowest BCUT2D eigenvalue weighted by molar-refractivity contribution is 0.0699. The topological polar surface area (TPSA) is 66.2 Å². The maximum Gasteiger partial charge on any atom is 0.257 e. The van der Waals surface area contributed by atoms with Gasteiger partial charge in [-0.2, -0.15) is 5.26 Å². The van der Waals surface area contributed by atoms with Gasteiger partial charge >= 0.3 is 0 Å². The van der Waals surface area contributed by atoms with Gasteiger partial charge in [-0.3, -0.25) is 9.78 Å². The van der Waals surface area contributed by atoms with Gasteiger partial charge in [-0.05, 0) is 13.0 Å². The van der Waals surface area contributed by atoms with E-state index in [-0.39, 0.29) is 12.3 Å². The van der Waals surface area contributed by atoms with E-state index in [0.29, 0.717) is 30.3 Å². The van der Waals surface area contributed by atoms with E-state index in [2.05, 4.69) is 4.98 Å². The van der Waals surface area contributed by atoms with Crippen LogP contribution in [0.25, 0.3) is 0 Å². The second-order valence-corrected chi connectivity index (χ2v) is 4.41. The molecule has 6 heteroatoms. The number of aryl methyl sites for hydroxylation is 1. The van der Waals surface area contributed by atoms with E-state index >= 15 is 0 Å². The summed E-state index contributed by atoms with van der Waals surface area (Å²) >= 11 is 6.05. The smallest absolute Gasteiger partial charge is 0.257 e. The molecule has 0 spiro atoms. The molecule has 0 atom stereocenters. The molecule has 1 rings (SSSR count). The second-order valence-electron chi connectivity index (χ2n) is 4.00. The largest absolute Gasteiger partial charge is 0.383 e. The third kappa shape index (κ3) is 4.51. The fourth-order valence-corrected chi connectivity index (χ4v) is 1.84. The number of aromatic nitrogens is 1. The number of hydrogen-bond acceptors (Lipinski definition) is 4. The molecule has 0 aromatic carbocycles. The highest BCUT2D eigenvalue weighted by atomic mass is 35.5. The highest BCUT2D eigenvalue weighted by molar-refractivity contribution is 6.33. The molecular formula is C13H16ClN3O2. The third-order valence-corrected chi connectivity index (χ3v) is 2.88. The van der Waals surface area contributed by atoms with Crippen LogP contribution in [0.5, 0.6) is 0 Å². The Labute approximate surface area is 117 Å². The summed E-state index contributed by atoms with van der Waals surface area (Å²) in [6.45, 7) is 2.98. The van der Waals surface area contributed by atoms with Crippen LogP contribution in [0.15, 0.2) is 12.3 Å². The summed E-state index contributed by atoms with van der Waals surface area (Å²) in [7, 11) is 1.56. The van der Waals surface area contributed by atoms with Gasteiger partial charge in [0.1, 0.15) is 0 Å². The lowest BCUT2D eigenvalue weighted by Gasteiger charge is -2.21. The van der Waals surface area contributed by atoms with Gasteiger partial charge in [-0.25, -0.2) is 0 Å². The molecule has 1 heterocycles. The zero-order valence-corrected chi connectivity index (χ0v) is 11.8. The summed E-state index contributed by atoms with van der Waals surface area (Å²) in [5, 5.41) is 9.00. The molecular weight excluding hydrogens is 266 g/mol. The molecule has 0 aliphatic heterocycles. The molecule has 0 aliphatic carbocycles. The van der Waals surface area contributed by atoms with Gasteiger partial charge in [-0.1, -0.05) is 11.6 Å². The molecule has 1 aromatic rings. The maximum absolute atomic E-state index is 12.3. The van der Waals surface area contributed by atoms with Gasteiger partial charge < -0.3 is 9.64 Å². The van der Waals surface area contributed by atoms with E-state index in [1.165, 1.54) is 6.20 Å². The van der Waals surface area contributed by atoms with E-state index in [0.717, 1.165) is 5.69 Å². The number of methoxy groups -OCH3 is 1. The van der Waals surface area contributed by atoms with Crippen LogP contribution in [-0.2, 0) is 4.74 Å². The van der Waals surface area contributed by atoms with Crippen LogP contribution in [-0.4, -0.2) is 42.6 Å². The Bertz CT molecular complexity index is 485. The zero-order valence-electron chi connectivity index (χ0n) is 11.0. The predicted molar refractivity (Wildman–Crippen MR) is 72.0 cm³/mol. The summed E-state index contributed by atoms with van der Waals surface area (Å²) in [5.41, 5.74) is 1.10. The van der Waals surface area contributed by atoms with E-state index in [4.69, 9.17) is 21.6 Å². The van der Waals surface area contributed by atoms with Gasteiger partial charge in [0.15, 0.2) is 0 Å². The molecule has 0 aliphatic rings. The van der Waals surface area contributed by atoms with Crippen LogP contribution in [0.4, 0.5) is 0 Å². The van der Waals surface area contributed by atoms with E-state index in [1.807, 2.05) is 6.07 Å². The first kappa shape index (κ1) is 15.4. The molecule has 0 bridgehead atoms. The van der Waals surface area contributed by atoms with Crippen LogP contribution >= 0.6 is 11.6 Å². The Morgan fingerprint density at radius 2 is 2.32 bits per heavy atom. The predicted octanol–water partition coefficient (Wildman–Crippen LogP) is 2.05. The van der Waals surface area contributed by atoms with Gasteiger partial charge in [0.25, 0.3) is 5.91 Å². The van der Waals surface area contributed by atoms with Crippen molar-refractivity contribution in [1.82, 2.24) is 9.88 Å². The molecule has 0 unspecified atom stereocenters. The molecule has 1 aromatic heterocycles. The Morgan fingerprint density at radius 1 is 1.58 bits per heavy atom. The van der Waals surface area contributed by atoms with Crippen LogP contribution in [0.3, 0.4) is 0 Å². The number of rotatable bonds is 6. The average Bonchev–Trinajstić information content (AvgIpc) is 2.38. The number of ether oxygens (including phenoxy) is 1. The Balaban J connectivity index is 2.88. The van der Waals surface area contributed by atoms with Crippen LogP contribution in [0, 0.1) is 18.3 Å². The highest BCUT2D eigenvalue weighted by Crippen LogP contribution is 2.17. The molecule has 0 fully saturated rings. The first-order valence-corrected chi connectivity index (χ1v) is 6.25. The van der Waals surface area contributed by atoms with Crippen molar-refractivity contribution in [2.24, 2.45) is 0 Å². The normalized spacial score (nSPS) is 10.0. The number of nitriles is 1. The van der Waals surface area contributed by atoms with E-state index in [9.17, 15) is 4.79 Å². The molecule has 1 amide bonds. The molecule has 0 saturated carbocycles. The minimum atomic E-state index is -0.232. The average molecular weight is 282 g/mol. The quantitative estimate of drug-likeness (QED) is 0.800. The van der Waals surface area contributed by atoms with Crippen molar-refractivity contribution in [1.29, 1.82) is 5.26 Å². The van der Waals surface area contributed by atoms with Crippen molar-refractivity contribution in [3.05, 3.63) is 28.5 Å². The van der Waals surface area contributed by atoms with Crippen LogP contribution in [0.2, 0.25) is 5.02 Å². The Hall–Kier alpha value is -1.64. The number of carbonyl (C=O) groups is 1. The van der Waals surface area contributed by atoms with E-state index < -0.39 is 0 Å². The minimum Gasteiger partial charge on any atom is -0.383 e. The Morgan fingerprint density at radius 3 is 2.89 bits per heavy atom. The number of nitrogens with zero attached hydrogens (tertiary/aromatic N) is 3. The van der Waals surface area contributed by atoms with Gasteiger partial charge in [-0.15, -0.1) is 0 Å². The van der Waals surface area contributed by atoms with Crippen molar-refractivity contribution in [3.8, 4) is 6.07 Å². The number of hydrogen-bond donors (Lipinski definition) is 0. The lowest BCUT2D eigenvalue weighted by Crippen LogP contribution is -2.35. The standard InChI is InChI=1S/C13H16ClN3O2/c1-10-8-12(14)11(9-16-10)13(18)17(5-3-4-15)6-7-19-2/h8-9H,3,5-7H2,1-2H3. The summed E-state index contributed by atoms with van der Waals surface area (Å²) in [6.07, 6.45) is 1.73. The van der Waals surface area contributed by atoms with Crippen molar-refractivity contribution in [2.45, 2.75) is 13.3 Å². The number of carbonyl (C=O) groups excluding carboxylic acids is 1. The SMILES string of the molecule is COCCN(CCC#N)C(=O)c1cnc(C)cc1Cl. The summed E-state index contributed by atoms with van der Waals surface area (Å²) in [6, 6.07) is 3.67. The first-order valence-electron chi connectivity index (χ1n) is 5.87. The number of pyridine rings is 1. The van der Waals surface area contributed by atoms with Crippen LogP contribution < -0.4 is 0 Å². The summed E-state index contributed by atoms with van der Waals surface area (Å²) < 4.78 is 4.96. The summed E-state index contributed by atoms with van der Waals surface area (Å²) in [5.74, 6) is -0.232. The van der Waals surface area contributed by atoms with Crippen LogP contribution in [0.1, 0.15) is 22.5 Å². The van der Waals surface area contributed by atoms with Crippen molar-refractivity contribution in [2.75, 3.05) is 26.8 Å². The fraction of sp³-hybridized carbons (Fsp3) is 0.462. The molecule has 102 valence electrons. The van der Waals surface area contributed by atoms with Crippen molar-refractivity contribution < 1.29 is 9.53 Å². The van der Waals surface area contributed by atoms with Gasteiger partial charge in [0.05, 0.1) is 29.7 Å². The second kappa shape index (κ2) is 7.72. The van der Waals surface area contributed by atoms with Gasteiger partial charge in [0.2, 0.25) is 0 Å². The third-order valence-electron chi connectivity index (χ3n) is 2.57. The molecule has 0 radical (unpaired) electrons. The summed E-state index contributed by atoms with van der Waals surface area (Å²) in [4.78, 5) is 17.9. The van der Waals surface area contributed by atoms with E-state index in [1.54, 1.807) is 25.0 Å². The van der Waals surface area contributed by atoms with Gasteiger partial charge in [0, 0.05) is 32.1 Å².